The highest BCUT2D eigenvalue weighted by Crippen LogP contribution is 2.24. The highest BCUT2D eigenvalue weighted by atomic mass is 35.5. The van der Waals surface area contributed by atoms with Crippen LogP contribution in [0.1, 0.15) is 37.6 Å². The minimum Gasteiger partial charge on any atom is -0.393 e. The normalized spacial score (nSPS) is 12.8. The molecule has 7 heteroatoms. The monoisotopic (exact) mass is 314 g/mol. The summed E-state index contributed by atoms with van der Waals surface area (Å²) in [5.41, 5.74) is -0.414. The summed E-state index contributed by atoms with van der Waals surface area (Å²) >= 11 is 5.91. The molecule has 2 N–H and O–H groups in total. The Hall–Kier alpha value is -1.66. The zero-order chi connectivity index (χ0) is 16.2. The molecular formula is C14H19ClN2O4. The number of nitrogens with zero attached hydrogens (tertiary/aromatic N) is 1. The van der Waals surface area contributed by atoms with Gasteiger partial charge in [0.25, 0.3) is 11.6 Å². The van der Waals surface area contributed by atoms with Crippen LogP contribution in [0.15, 0.2) is 18.2 Å². The van der Waals surface area contributed by atoms with Crippen LogP contribution in [0.5, 0.6) is 0 Å². The quantitative estimate of drug-likeness (QED) is 0.623. The van der Waals surface area contributed by atoms with Gasteiger partial charge >= 0.3 is 0 Å². The van der Waals surface area contributed by atoms with Crippen LogP contribution in [0, 0.1) is 15.5 Å². The second kappa shape index (κ2) is 6.87. The summed E-state index contributed by atoms with van der Waals surface area (Å²) in [6, 6.07) is 3.73. The number of aliphatic hydroxyl groups is 1. The third-order valence-electron chi connectivity index (χ3n) is 2.98. The van der Waals surface area contributed by atoms with Crippen molar-refractivity contribution in [2.24, 2.45) is 5.41 Å². The molecule has 1 amide bonds. The fourth-order valence-electron chi connectivity index (χ4n) is 2.09. The van der Waals surface area contributed by atoms with Crippen LogP contribution < -0.4 is 5.32 Å². The number of hydrogen-bond acceptors (Lipinski definition) is 4. The Morgan fingerprint density at radius 2 is 2.14 bits per heavy atom. The summed E-state index contributed by atoms with van der Waals surface area (Å²) in [5, 5.41) is 23.0. The molecule has 0 heterocycles. The molecule has 0 aliphatic carbocycles. The van der Waals surface area contributed by atoms with E-state index in [2.05, 4.69) is 5.32 Å². The first-order chi connectivity index (χ1) is 9.62. The first kappa shape index (κ1) is 17.4. The fourth-order valence-corrected chi connectivity index (χ4v) is 2.29. The number of amides is 1. The average molecular weight is 315 g/mol. The molecule has 0 aliphatic rings. The molecule has 0 aromatic heterocycles. The molecule has 0 saturated carbocycles. The Kier molecular flexibility index (Phi) is 5.69. The molecule has 1 aromatic rings. The van der Waals surface area contributed by atoms with Crippen LogP contribution >= 0.6 is 11.6 Å². The van der Waals surface area contributed by atoms with Gasteiger partial charge in [0.15, 0.2) is 0 Å². The zero-order valence-electron chi connectivity index (χ0n) is 12.2. The minimum atomic E-state index is -0.579. The van der Waals surface area contributed by atoms with E-state index < -0.39 is 16.9 Å². The van der Waals surface area contributed by atoms with Crippen LogP contribution in [0.25, 0.3) is 0 Å². The van der Waals surface area contributed by atoms with Gasteiger partial charge in [0.05, 0.1) is 21.6 Å². The smallest absolute Gasteiger partial charge is 0.270 e. The summed E-state index contributed by atoms with van der Waals surface area (Å²) in [6.45, 7) is 5.83. The van der Waals surface area contributed by atoms with Crippen LogP contribution in [0.2, 0.25) is 5.02 Å². The van der Waals surface area contributed by atoms with Gasteiger partial charge in [-0.25, -0.2) is 0 Å². The summed E-state index contributed by atoms with van der Waals surface area (Å²) in [7, 11) is 0. The summed E-state index contributed by atoms with van der Waals surface area (Å²) in [6.07, 6.45) is 0.0500. The molecule has 1 unspecified atom stereocenters. The Morgan fingerprint density at radius 1 is 1.52 bits per heavy atom. The van der Waals surface area contributed by atoms with Gasteiger partial charge in [-0.05, 0) is 24.8 Å². The summed E-state index contributed by atoms with van der Waals surface area (Å²) < 4.78 is 0. The van der Waals surface area contributed by atoms with E-state index in [4.69, 9.17) is 11.6 Å². The number of nitrogens with one attached hydrogen (secondary N) is 1. The molecule has 1 aromatic carbocycles. The maximum absolute atomic E-state index is 12.1. The van der Waals surface area contributed by atoms with Crippen molar-refractivity contribution in [3.63, 3.8) is 0 Å². The summed E-state index contributed by atoms with van der Waals surface area (Å²) in [4.78, 5) is 22.2. The number of rotatable bonds is 6. The van der Waals surface area contributed by atoms with Crippen molar-refractivity contribution in [1.29, 1.82) is 0 Å². The van der Waals surface area contributed by atoms with Crippen LogP contribution in [-0.4, -0.2) is 28.6 Å². The lowest BCUT2D eigenvalue weighted by molar-refractivity contribution is -0.384. The lowest BCUT2D eigenvalue weighted by Crippen LogP contribution is -2.35. The Labute approximate surface area is 128 Å². The van der Waals surface area contributed by atoms with E-state index in [1.807, 2.05) is 13.8 Å². The Bertz CT molecular complexity index is 544. The molecule has 0 bridgehead atoms. The lowest BCUT2D eigenvalue weighted by atomic mass is 9.87. The SMILES string of the molecule is CC(O)CC(C)(C)CNC(=O)c1cc([N+](=O)[O-])ccc1Cl. The Morgan fingerprint density at radius 3 is 2.67 bits per heavy atom. The van der Waals surface area contributed by atoms with Crippen molar-refractivity contribution in [2.45, 2.75) is 33.3 Å². The highest BCUT2D eigenvalue weighted by Gasteiger charge is 2.22. The van der Waals surface area contributed by atoms with Crippen LogP contribution in [-0.2, 0) is 0 Å². The molecule has 0 saturated heterocycles. The Balaban J connectivity index is 2.80. The van der Waals surface area contributed by atoms with E-state index in [9.17, 15) is 20.0 Å². The van der Waals surface area contributed by atoms with Crippen molar-refractivity contribution in [1.82, 2.24) is 5.32 Å². The second-order valence-corrected chi connectivity index (χ2v) is 6.23. The van der Waals surface area contributed by atoms with Gasteiger partial charge in [-0.2, -0.15) is 0 Å². The number of carbonyl (C=O) groups is 1. The van der Waals surface area contributed by atoms with E-state index >= 15 is 0 Å². The van der Waals surface area contributed by atoms with Gasteiger partial charge in [0.1, 0.15) is 0 Å². The van der Waals surface area contributed by atoms with Crippen molar-refractivity contribution in [2.75, 3.05) is 6.54 Å². The van der Waals surface area contributed by atoms with Crippen molar-refractivity contribution < 1.29 is 14.8 Å². The van der Waals surface area contributed by atoms with Crippen molar-refractivity contribution in [3.05, 3.63) is 38.9 Å². The third kappa shape index (κ3) is 5.32. The average Bonchev–Trinajstić information content (AvgIpc) is 2.34. The molecule has 0 spiro atoms. The van der Waals surface area contributed by atoms with Crippen molar-refractivity contribution in [3.8, 4) is 0 Å². The van der Waals surface area contributed by atoms with E-state index in [1.54, 1.807) is 6.92 Å². The number of nitro groups is 1. The predicted octanol–water partition coefficient (Wildman–Crippen LogP) is 2.78. The third-order valence-corrected chi connectivity index (χ3v) is 3.31. The molecule has 6 nitrogen and oxygen atoms in total. The molecule has 1 atom stereocenters. The molecule has 1 rings (SSSR count). The largest absolute Gasteiger partial charge is 0.393 e. The minimum absolute atomic E-state index is 0.0683. The van der Waals surface area contributed by atoms with Gasteiger partial charge < -0.3 is 10.4 Å². The molecule has 0 aliphatic heterocycles. The number of carbonyl (C=O) groups excluding carboxylic acids is 1. The first-order valence-electron chi connectivity index (χ1n) is 6.52. The molecule has 21 heavy (non-hydrogen) atoms. The molecule has 116 valence electrons. The van der Waals surface area contributed by atoms with E-state index in [1.165, 1.54) is 12.1 Å². The molecule has 0 radical (unpaired) electrons. The van der Waals surface area contributed by atoms with E-state index in [-0.39, 0.29) is 21.7 Å². The predicted molar refractivity (Wildman–Crippen MR) is 80.5 cm³/mol. The topological polar surface area (TPSA) is 92.5 Å². The maximum atomic E-state index is 12.1. The highest BCUT2D eigenvalue weighted by molar-refractivity contribution is 6.33. The van der Waals surface area contributed by atoms with Gasteiger partial charge in [0.2, 0.25) is 0 Å². The van der Waals surface area contributed by atoms with Crippen LogP contribution in [0.4, 0.5) is 5.69 Å². The van der Waals surface area contributed by atoms with Gasteiger partial charge in [0, 0.05) is 18.7 Å². The number of halogens is 1. The van der Waals surface area contributed by atoms with Crippen molar-refractivity contribution >= 4 is 23.2 Å². The second-order valence-electron chi connectivity index (χ2n) is 5.82. The number of nitro benzene ring substituents is 1. The van der Waals surface area contributed by atoms with E-state index in [0.29, 0.717) is 13.0 Å². The molecule has 0 fully saturated rings. The van der Waals surface area contributed by atoms with E-state index in [0.717, 1.165) is 6.07 Å². The standard InChI is InChI=1S/C14H19ClN2O4/c1-9(18)7-14(2,3)8-16-13(19)11-6-10(17(20)21)4-5-12(11)15/h4-6,9,18H,7-8H2,1-3H3,(H,16,19). The maximum Gasteiger partial charge on any atom is 0.270 e. The van der Waals surface area contributed by atoms with Gasteiger partial charge in [-0.1, -0.05) is 25.4 Å². The van der Waals surface area contributed by atoms with Gasteiger partial charge in [-0.15, -0.1) is 0 Å². The fraction of sp³-hybridized carbons (Fsp3) is 0.500. The number of aliphatic hydroxyl groups excluding tert-OH is 1. The van der Waals surface area contributed by atoms with Gasteiger partial charge in [-0.3, -0.25) is 14.9 Å². The summed E-state index contributed by atoms with van der Waals surface area (Å²) in [5.74, 6) is -0.470. The number of benzene rings is 1. The molecular weight excluding hydrogens is 296 g/mol. The zero-order valence-corrected chi connectivity index (χ0v) is 13.0. The number of hydrogen-bond donors (Lipinski definition) is 2. The number of non-ortho nitro benzene ring substituents is 1. The van der Waals surface area contributed by atoms with Crippen LogP contribution in [0.3, 0.4) is 0 Å². The first-order valence-corrected chi connectivity index (χ1v) is 6.90. The lowest BCUT2D eigenvalue weighted by Gasteiger charge is -2.26.